The van der Waals surface area contributed by atoms with Crippen LogP contribution in [0, 0.1) is 0 Å². The number of anilines is 1. The predicted molar refractivity (Wildman–Crippen MR) is 95.2 cm³/mol. The minimum atomic E-state index is 0. The van der Waals surface area contributed by atoms with Crippen LogP contribution in [-0.2, 0) is 0 Å². The Bertz CT molecular complexity index is 372. The topological polar surface area (TPSA) is 30.9 Å². The molecule has 4 nitrogen and oxygen atoms in total. The lowest BCUT2D eigenvalue weighted by Gasteiger charge is -2.37. The summed E-state index contributed by atoms with van der Waals surface area (Å²) < 4.78 is 0. The zero-order valence-electron chi connectivity index (χ0n) is 11.6. The maximum absolute atomic E-state index is 4.54. The number of guanidine groups is 1. The molecule has 1 aliphatic rings. The molecule has 1 aromatic rings. The molecule has 0 unspecified atom stereocenters. The van der Waals surface area contributed by atoms with Crippen molar-refractivity contribution in [3.05, 3.63) is 17.5 Å². The summed E-state index contributed by atoms with van der Waals surface area (Å²) in [6.07, 6.45) is 0. The SMILES string of the molecule is CCN=C(NCC)N1CCN(c2cccs2)CC1.I. The third kappa shape index (κ3) is 4.52. The van der Waals surface area contributed by atoms with Gasteiger partial charge in [-0.3, -0.25) is 4.99 Å². The van der Waals surface area contributed by atoms with Gasteiger partial charge in [-0.05, 0) is 31.4 Å². The lowest BCUT2D eigenvalue weighted by molar-refractivity contribution is 0.374. The molecule has 0 aromatic carbocycles. The fourth-order valence-corrected chi connectivity index (χ4v) is 2.95. The second kappa shape index (κ2) is 8.63. The summed E-state index contributed by atoms with van der Waals surface area (Å²) in [7, 11) is 0. The van der Waals surface area contributed by atoms with Crippen LogP contribution < -0.4 is 10.2 Å². The van der Waals surface area contributed by atoms with Crippen LogP contribution in [0.3, 0.4) is 0 Å². The van der Waals surface area contributed by atoms with Crippen LogP contribution >= 0.6 is 35.3 Å². The molecule has 19 heavy (non-hydrogen) atoms. The number of halogens is 1. The monoisotopic (exact) mass is 394 g/mol. The standard InChI is InChI=1S/C13H22N4S.HI/c1-3-14-13(15-4-2)17-9-7-16(8-10-17)12-6-5-11-18-12;/h5-6,11H,3-4,7-10H2,1-2H3,(H,14,15);1H. The molecule has 0 bridgehead atoms. The van der Waals surface area contributed by atoms with Gasteiger partial charge in [0.15, 0.2) is 5.96 Å². The average molecular weight is 394 g/mol. The van der Waals surface area contributed by atoms with Crippen molar-refractivity contribution in [2.45, 2.75) is 13.8 Å². The van der Waals surface area contributed by atoms with Crippen molar-refractivity contribution in [1.82, 2.24) is 10.2 Å². The van der Waals surface area contributed by atoms with Gasteiger partial charge in [0.05, 0.1) is 5.00 Å². The highest BCUT2D eigenvalue weighted by molar-refractivity contribution is 14.0. The van der Waals surface area contributed by atoms with Gasteiger partial charge in [0.1, 0.15) is 0 Å². The number of thiophene rings is 1. The molecule has 0 atom stereocenters. The summed E-state index contributed by atoms with van der Waals surface area (Å²) in [5.74, 6) is 1.06. The van der Waals surface area contributed by atoms with E-state index in [1.807, 2.05) is 11.3 Å². The molecule has 1 N–H and O–H groups in total. The molecule has 0 amide bonds. The van der Waals surface area contributed by atoms with E-state index in [0.29, 0.717) is 0 Å². The van der Waals surface area contributed by atoms with Crippen LogP contribution in [-0.4, -0.2) is 50.1 Å². The van der Waals surface area contributed by atoms with E-state index in [2.05, 4.69) is 51.5 Å². The molecular weight excluding hydrogens is 371 g/mol. The van der Waals surface area contributed by atoms with Crippen molar-refractivity contribution in [2.24, 2.45) is 4.99 Å². The Labute approximate surface area is 136 Å². The van der Waals surface area contributed by atoms with Crippen LogP contribution in [0.1, 0.15) is 13.8 Å². The molecule has 2 rings (SSSR count). The zero-order chi connectivity index (χ0) is 12.8. The van der Waals surface area contributed by atoms with Gasteiger partial charge in [-0.2, -0.15) is 0 Å². The summed E-state index contributed by atoms with van der Waals surface area (Å²) in [4.78, 5) is 9.35. The van der Waals surface area contributed by atoms with Gasteiger partial charge in [0, 0.05) is 39.3 Å². The van der Waals surface area contributed by atoms with Crippen molar-refractivity contribution in [1.29, 1.82) is 0 Å². The summed E-state index contributed by atoms with van der Waals surface area (Å²) in [6, 6.07) is 4.32. The minimum Gasteiger partial charge on any atom is -0.360 e. The predicted octanol–water partition coefficient (Wildman–Crippen LogP) is 2.47. The molecule has 2 heterocycles. The van der Waals surface area contributed by atoms with Crippen molar-refractivity contribution in [2.75, 3.05) is 44.2 Å². The summed E-state index contributed by atoms with van der Waals surface area (Å²) >= 11 is 1.82. The normalized spacial score (nSPS) is 16.2. The lowest BCUT2D eigenvalue weighted by Crippen LogP contribution is -2.52. The second-order valence-electron chi connectivity index (χ2n) is 4.25. The van der Waals surface area contributed by atoms with Gasteiger partial charge in [-0.1, -0.05) is 0 Å². The quantitative estimate of drug-likeness (QED) is 0.486. The molecule has 1 aromatic heterocycles. The average Bonchev–Trinajstić information content (AvgIpc) is 2.93. The number of nitrogens with zero attached hydrogens (tertiary/aromatic N) is 3. The minimum absolute atomic E-state index is 0. The Balaban J connectivity index is 0.00000180. The van der Waals surface area contributed by atoms with Crippen LogP contribution in [0.25, 0.3) is 0 Å². The first-order valence-corrected chi connectivity index (χ1v) is 7.54. The molecule has 1 saturated heterocycles. The number of piperazine rings is 1. The Morgan fingerprint density at radius 1 is 1.32 bits per heavy atom. The van der Waals surface area contributed by atoms with Gasteiger partial charge in [0.25, 0.3) is 0 Å². The molecule has 0 aliphatic carbocycles. The van der Waals surface area contributed by atoms with Crippen molar-refractivity contribution >= 4 is 46.3 Å². The number of hydrogen-bond donors (Lipinski definition) is 1. The van der Waals surface area contributed by atoms with Crippen LogP contribution in [0.5, 0.6) is 0 Å². The molecular formula is C13H23IN4S. The number of hydrogen-bond acceptors (Lipinski definition) is 3. The van der Waals surface area contributed by atoms with Crippen molar-refractivity contribution in [3.63, 3.8) is 0 Å². The second-order valence-corrected chi connectivity index (χ2v) is 5.18. The van der Waals surface area contributed by atoms with Crippen LogP contribution in [0.4, 0.5) is 5.00 Å². The van der Waals surface area contributed by atoms with Gasteiger partial charge >= 0.3 is 0 Å². The highest BCUT2D eigenvalue weighted by atomic mass is 127. The first-order chi connectivity index (χ1) is 8.85. The lowest BCUT2D eigenvalue weighted by atomic mass is 10.3. The van der Waals surface area contributed by atoms with Gasteiger partial charge < -0.3 is 15.1 Å². The summed E-state index contributed by atoms with van der Waals surface area (Å²) in [6.45, 7) is 10.2. The van der Waals surface area contributed by atoms with E-state index in [4.69, 9.17) is 0 Å². The molecule has 6 heteroatoms. The third-order valence-electron chi connectivity index (χ3n) is 3.04. The molecule has 0 spiro atoms. The smallest absolute Gasteiger partial charge is 0.194 e. The highest BCUT2D eigenvalue weighted by Crippen LogP contribution is 2.22. The first kappa shape index (κ1) is 16.6. The van der Waals surface area contributed by atoms with Crippen molar-refractivity contribution in [3.8, 4) is 0 Å². The Hall–Kier alpha value is -0.500. The van der Waals surface area contributed by atoms with E-state index in [1.54, 1.807) is 0 Å². The Kier molecular flexibility index (Phi) is 7.52. The van der Waals surface area contributed by atoms with E-state index >= 15 is 0 Å². The molecule has 0 radical (unpaired) electrons. The van der Waals surface area contributed by atoms with Crippen molar-refractivity contribution < 1.29 is 0 Å². The molecule has 1 aliphatic heterocycles. The third-order valence-corrected chi connectivity index (χ3v) is 3.97. The fourth-order valence-electron chi connectivity index (χ4n) is 2.16. The first-order valence-electron chi connectivity index (χ1n) is 6.66. The van der Waals surface area contributed by atoms with E-state index in [9.17, 15) is 0 Å². The molecule has 0 saturated carbocycles. The summed E-state index contributed by atoms with van der Waals surface area (Å²) in [5.41, 5.74) is 0. The largest absolute Gasteiger partial charge is 0.360 e. The van der Waals surface area contributed by atoms with E-state index in [0.717, 1.165) is 45.2 Å². The zero-order valence-corrected chi connectivity index (χ0v) is 14.8. The summed E-state index contributed by atoms with van der Waals surface area (Å²) in [5, 5.41) is 6.89. The van der Waals surface area contributed by atoms with Gasteiger partial charge in [0.2, 0.25) is 0 Å². The van der Waals surface area contributed by atoms with Gasteiger partial charge in [-0.15, -0.1) is 35.3 Å². The maximum Gasteiger partial charge on any atom is 0.194 e. The van der Waals surface area contributed by atoms with E-state index < -0.39 is 0 Å². The number of nitrogens with one attached hydrogen (secondary N) is 1. The number of rotatable bonds is 3. The van der Waals surface area contributed by atoms with Gasteiger partial charge in [-0.25, -0.2) is 0 Å². The molecule has 108 valence electrons. The highest BCUT2D eigenvalue weighted by Gasteiger charge is 2.19. The fraction of sp³-hybridized carbons (Fsp3) is 0.615. The van der Waals surface area contributed by atoms with E-state index in [-0.39, 0.29) is 24.0 Å². The van der Waals surface area contributed by atoms with E-state index in [1.165, 1.54) is 5.00 Å². The maximum atomic E-state index is 4.54. The van der Waals surface area contributed by atoms with Crippen LogP contribution in [0.2, 0.25) is 0 Å². The Morgan fingerprint density at radius 3 is 2.58 bits per heavy atom. The Morgan fingerprint density at radius 2 is 2.05 bits per heavy atom. The van der Waals surface area contributed by atoms with Crippen LogP contribution in [0.15, 0.2) is 22.5 Å². The molecule has 1 fully saturated rings. The number of aliphatic imine (C=N–C) groups is 1.